The summed E-state index contributed by atoms with van der Waals surface area (Å²) in [6.07, 6.45) is 0. The van der Waals surface area contributed by atoms with E-state index in [4.69, 9.17) is 9.47 Å². The van der Waals surface area contributed by atoms with E-state index in [1.54, 1.807) is 16.4 Å². The molecule has 3 rings (SSSR count). The van der Waals surface area contributed by atoms with E-state index < -0.39 is 10.0 Å². The molecule has 0 N–H and O–H groups in total. The molecule has 0 aliphatic carbocycles. The SMILES string of the molecule is COc1cc(C)ccc1S(=O)(=O)N1C[C@@H]2COC[C@@]2(CN(C)C)C1. The van der Waals surface area contributed by atoms with Gasteiger partial charge in [-0.2, -0.15) is 4.31 Å². The maximum atomic E-state index is 13.2. The highest BCUT2D eigenvalue weighted by molar-refractivity contribution is 7.89. The second-order valence-corrected chi connectivity index (χ2v) is 9.17. The molecule has 2 aliphatic rings. The van der Waals surface area contributed by atoms with Crippen LogP contribution >= 0.6 is 0 Å². The zero-order valence-electron chi connectivity index (χ0n) is 14.8. The molecule has 1 aromatic carbocycles. The van der Waals surface area contributed by atoms with Crippen LogP contribution in [0.4, 0.5) is 0 Å². The van der Waals surface area contributed by atoms with Crippen LogP contribution in [0, 0.1) is 18.3 Å². The molecule has 0 saturated carbocycles. The third-order valence-corrected chi connectivity index (χ3v) is 6.91. The first-order valence-corrected chi connectivity index (χ1v) is 9.60. The van der Waals surface area contributed by atoms with Crippen LogP contribution < -0.4 is 4.74 Å². The average Bonchev–Trinajstić information content (AvgIpc) is 3.02. The number of methoxy groups -OCH3 is 1. The normalized spacial score (nSPS) is 27.6. The summed E-state index contributed by atoms with van der Waals surface area (Å²) in [7, 11) is 1.96. The maximum Gasteiger partial charge on any atom is 0.246 e. The van der Waals surface area contributed by atoms with Gasteiger partial charge in [0.2, 0.25) is 10.0 Å². The van der Waals surface area contributed by atoms with E-state index in [-0.39, 0.29) is 16.2 Å². The van der Waals surface area contributed by atoms with Crippen molar-refractivity contribution in [1.82, 2.24) is 9.21 Å². The van der Waals surface area contributed by atoms with Gasteiger partial charge in [-0.25, -0.2) is 8.42 Å². The molecule has 2 fully saturated rings. The van der Waals surface area contributed by atoms with Gasteiger partial charge in [-0.1, -0.05) is 6.07 Å². The highest BCUT2D eigenvalue weighted by Gasteiger charge is 2.53. The van der Waals surface area contributed by atoms with Crippen LogP contribution in [0.15, 0.2) is 23.1 Å². The topological polar surface area (TPSA) is 59.1 Å². The minimum absolute atomic E-state index is 0.117. The summed E-state index contributed by atoms with van der Waals surface area (Å²) >= 11 is 0. The fraction of sp³-hybridized carbons (Fsp3) is 0.647. The van der Waals surface area contributed by atoms with Crippen LogP contribution in [0.25, 0.3) is 0 Å². The minimum atomic E-state index is -3.58. The Balaban J connectivity index is 1.92. The minimum Gasteiger partial charge on any atom is -0.495 e. The Morgan fingerprint density at radius 1 is 1.42 bits per heavy atom. The summed E-state index contributed by atoms with van der Waals surface area (Å²) in [6, 6.07) is 5.22. The number of fused-ring (bicyclic) bond motifs is 1. The van der Waals surface area contributed by atoms with Gasteiger partial charge in [0.25, 0.3) is 0 Å². The monoisotopic (exact) mass is 354 g/mol. The lowest BCUT2D eigenvalue weighted by Crippen LogP contribution is -2.41. The molecule has 0 amide bonds. The zero-order valence-corrected chi connectivity index (χ0v) is 15.6. The standard InChI is InChI=1S/C17H26N2O4S/c1-13-5-6-16(15(7-13)22-4)24(20,21)19-8-14-9-23-12-17(14,11-19)10-18(2)3/h5-7,14H,8-12H2,1-4H3/t14-,17-/m1/s1. The van der Waals surface area contributed by atoms with E-state index in [9.17, 15) is 8.42 Å². The lowest BCUT2D eigenvalue weighted by molar-refractivity contribution is 0.123. The van der Waals surface area contributed by atoms with E-state index >= 15 is 0 Å². The third-order valence-electron chi connectivity index (χ3n) is 5.06. The van der Waals surface area contributed by atoms with E-state index in [0.717, 1.165) is 12.1 Å². The van der Waals surface area contributed by atoms with Gasteiger partial charge in [0.1, 0.15) is 10.6 Å². The Morgan fingerprint density at radius 3 is 2.83 bits per heavy atom. The van der Waals surface area contributed by atoms with Crippen LogP contribution in [0.1, 0.15) is 5.56 Å². The summed E-state index contributed by atoms with van der Waals surface area (Å²) in [6.45, 7) is 5.00. The van der Waals surface area contributed by atoms with Crippen LogP contribution in [0.2, 0.25) is 0 Å². The lowest BCUT2D eigenvalue weighted by atomic mass is 9.81. The highest BCUT2D eigenvalue weighted by Crippen LogP contribution is 2.44. The number of hydrogen-bond donors (Lipinski definition) is 0. The molecule has 2 aliphatic heterocycles. The molecule has 0 bridgehead atoms. The number of benzene rings is 1. The van der Waals surface area contributed by atoms with Crippen molar-refractivity contribution in [2.75, 3.05) is 54.1 Å². The molecule has 24 heavy (non-hydrogen) atoms. The molecule has 2 saturated heterocycles. The van der Waals surface area contributed by atoms with Gasteiger partial charge in [-0.05, 0) is 38.7 Å². The van der Waals surface area contributed by atoms with E-state index in [0.29, 0.717) is 32.1 Å². The molecular weight excluding hydrogens is 328 g/mol. The van der Waals surface area contributed by atoms with Crippen molar-refractivity contribution in [3.8, 4) is 5.75 Å². The Morgan fingerprint density at radius 2 is 2.17 bits per heavy atom. The fourth-order valence-electron chi connectivity index (χ4n) is 3.95. The average molecular weight is 354 g/mol. The van der Waals surface area contributed by atoms with Crippen molar-refractivity contribution < 1.29 is 17.9 Å². The van der Waals surface area contributed by atoms with Gasteiger partial charge in [-0.15, -0.1) is 0 Å². The van der Waals surface area contributed by atoms with Gasteiger partial charge in [-0.3, -0.25) is 0 Å². The zero-order chi connectivity index (χ0) is 17.5. The summed E-state index contributed by atoms with van der Waals surface area (Å²) < 4.78 is 38.9. The summed E-state index contributed by atoms with van der Waals surface area (Å²) in [5, 5.41) is 0. The molecule has 1 aromatic rings. The van der Waals surface area contributed by atoms with Crippen molar-refractivity contribution in [2.24, 2.45) is 11.3 Å². The molecule has 134 valence electrons. The van der Waals surface area contributed by atoms with Crippen molar-refractivity contribution in [3.05, 3.63) is 23.8 Å². The van der Waals surface area contributed by atoms with E-state index in [1.807, 2.05) is 27.1 Å². The molecule has 0 unspecified atom stereocenters. The highest BCUT2D eigenvalue weighted by atomic mass is 32.2. The van der Waals surface area contributed by atoms with Gasteiger partial charge in [0.15, 0.2) is 0 Å². The van der Waals surface area contributed by atoms with Crippen molar-refractivity contribution in [3.63, 3.8) is 0 Å². The number of ether oxygens (including phenoxy) is 2. The van der Waals surface area contributed by atoms with E-state index in [1.165, 1.54) is 7.11 Å². The fourth-order valence-corrected chi connectivity index (χ4v) is 5.66. The maximum absolute atomic E-state index is 13.2. The summed E-state index contributed by atoms with van der Waals surface area (Å²) in [4.78, 5) is 2.36. The van der Waals surface area contributed by atoms with Crippen LogP contribution in [-0.4, -0.2) is 71.7 Å². The Hall–Kier alpha value is -1.15. The van der Waals surface area contributed by atoms with Gasteiger partial charge < -0.3 is 14.4 Å². The number of nitrogens with zero attached hydrogens (tertiary/aromatic N) is 2. The third kappa shape index (κ3) is 2.94. The first-order valence-electron chi connectivity index (χ1n) is 8.16. The number of sulfonamides is 1. The van der Waals surface area contributed by atoms with Crippen LogP contribution in [-0.2, 0) is 14.8 Å². The molecule has 0 spiro atoms. The Kier molecular flexibility index (Phi) is 4.63. The largest absolute Gasteiger partial charge is 0.495 e. The number of aryl methyl sites for hydroxylation is 1. The predicted molar refractivity (Wildman–Crippen MR) is 91.8 cm³/mol. The molecule has 2 atom stereocenters. The molecular formula is C17H26N2O4S. The Bertz CT molecular complexity index is 719. The van der Waals surface area contributed by atoms with Crippen LogP contribution in [0.5, 0.6) is 5.75 Å². The van der Waals surface area contributed by atoms with E-state index in [2.05, 4.69) is 4.90 Å². The second-order valence-electron chi connectivity index (χ2n) is 7.26. The first kappa shape index (κ1) is 17.7. The Labute approximate surface area is 144 Å². The molecule has 0 radical (unpaired) electrons. The van der Waals surface area contributed by atoms with Gasteiger partial charge >= 0.3 is 0 Å². The quantitative estimate of drug-likeness (QED) is 0.795. The van der Waals surface area contributed by atoms with Crippen molar-refractivity contribution in [1.29, 1.82) is 0 Å². The molecule has 7 heteroatoms. The first-order chi connectivity index (χ1) is 11.3. The summed E-state index contributed by atoms with van der Waals surface area (Å²) in [5.74, 6) is 0.649. The lowest BCUT2D eigenvalue weighted by Gasteiger charge is -2.30. The predicted octanol–water partition coefficient (Wildman–Crippen LogP) is 1.20. The molecule has 6 nitrogen and oxygen atoms in total. The van der Waals surface area contributed by atoms with Crippen molar-refractivity contribution >= 4 is 10.0 Å². The molecule has 2 heterocycles. The molecule has 0 aromatic heterocycles. The number of hydrogen-bond acceptors (Lipinski definition) is 5. The van der Waals surface area contributed by atoms with Gasteiger partial charge in [0, 0.05) is 31.0 Å². The van der Waals surface area contributed by atoms with Crippen molar-refractivity contribution in [2.45, 2.75) is 11.8 Å². The second kappa shape index (κ2) is 6.29. The number of rotatable bonds is 5. The smallest absolute Gasteiger partial charge is 0.246 e. The van der Waals surface area contributed by atoms with Crippen LogP contribution in [0.3, 0.4) is 0 Å². The summed E-state index contributed by atoms with van der Waals surface area (Å²) in [5.41, 5.74) is 0.857. The van der Waals surface area contributed by atoms with Gasteiger partial charge in [0.05, 0.1) is 20.3 Å².